The lowest BCUT2D eigenvalue weighted by Gasteiger charge is -2.31. The Hall–Kier alpha value is -3.29. The minimum Gasteiger partial charge on any atom is -0.445 e. The summed E-state index contributed by atoms with van der Waals surface area (Å²) in [6.45, 7) is 2.82. The molecule has 0 unspecified atom stereocenters. The van der Waals surface area contributed by atoms with Gasteiger partial charge in [-0.05, 0) is 43.5 Å². The van der Waals surface area contributed by atoms with Crippen LogP contribution in [0.25, 0.3) is 0 Å². The Labute approximate surface area is 173 Å². The molecule has 3 heterocycles. The summed E-state index contributed by atoms with van der Waals surface area (Å²) in [5.74, 6) is 0.813. The van der Waals surface area contributed by atoms with Gasteiger partial charge in [0.2, 0.25) is 5.91 Å². The Bertz CT molecular complexity index is 1110. The molecular weight excluding hydrogens is 387 g/mol. The van der Waals surface area contributed by atoms with Gasteiger partial charge in [-0.15, -0.1) is 0 Å². The van der Waals surface area contributed by atoms with Crippen LogP contribution >= 0.6 is 0 Å². The smallest absolute Gasteiger partial charge is 0.267 e. The predicted octanol–water partition coefficient (Wildman–Crippen LogP) is 2.68. The molecule has 1 amide bonds. The summed E-state index contributed by atoms with van der Waals surface area (Å²) in [6, 6.07) is 9.44. The van der Waals surface area contributed by atoms with Crippen molar-refractivity contribution >= 4 is 5.91 Å². The van der Waals surface area contributed by atoms with Crippen LogP contribution in [0.2, 0.25) is 0 Å². The molecule has 0 N–H and O–H groups in total. The monoisotopic (exact) mass is 410 g/mol. The second-order valence-corrected chi connectivity index (χ2v) is 7.62. The second-order valence-electron chi connectivity index (χ2n) is 7.62. The van der Waals surface area contributed by atoms with E-state index < -0.39 is 0 Å². The lowest BCUT2D eigenvalue weighted by molar-refractivity contribution is -0.133. The molecule has 1 fully saturated rings. The summed E-state index contributed by atoms with van der Waals surface area (Å²) in [5, 5.41) is 4.13. The van der Waals surface area contributed by atoms with Gasteiger partial charge in [-0.25, -0.2) is 14.1 Å². The summed E-state index contributed by atoms with van der Waals surface area (Å²) in [7, 11) is 0. The third-order valence-corrected chi connectivity index (χ3v) is 5.25. The summed E-state index contributed by atoms with van der Waals surface area (Å²) >= 11 is 0. The number of piperidine rings is 1. The van der Waals surface area contributed by atoms with E-state index in [0.29, 0.717) is 36.9 Å². The van der Waals surface area contributed by atoms with E-state index in [1.807, 2.05) is 6.07 Å². The van der Waals surface area contributed by atoms with Gasteiger partial charge in [0.1, 0.15) is 18.1 Å². The van der Waals surface area contributed by atoms with E-state index in [1.54, 1.807) is 30.2 Å². The van der Waals surface area contributed by atoms with Gasteiger partial charge in [0.25, 0.3) is 5.56 Å². The lowest BCUT2D eigenvalue weighted by atomic mass is 9.98. The maximum Gasteiger partial charge on any atom is 0.267 e. The Morgan fingerprint density at radius 3 is 3.00 bits per heavy atom. The highest BCUT2D eigenvalue weighted by Gasteiger charge is 2.28. The maximum absolute atomic E-state index is 13.4. The van der Waals surface area contributed by atoms with Gasteiger partial charge in [-0.2, -0.15) is 5.10 Å². The molecule has 30 heavy (non-hydrogen) atoms. The van der Waals surface area contributed by atoms with E-state index in [4.69, 9.17) is 4.42 Å². The number of benzene rings is 1. The highest BCUT2D eigenvalue weighted by molar-refractivity contribution is 5.76. The van der Waals surface area contributed by atoms with Gasteiger partial charge in [0.15, 0.2) is 5.89 Å². The van der Waals surface area contributed by atoms with Crippen LogP contribution in [0.4, 0.5) is 4.39 Å². The molecule has 8 heteroatoms. The average molecular weight is 410 g/mol. The standard InChI is InChI=1S/C22H23FN4O3/c1-15-7-8-20(28)27(25-15)14-21(29)26-9-3-5-17(13-26)22-24-12-19(30-22)11-16-4-2-6-18(23)10-16/h2,4,6-8,10,12,17H,3,5,9,11,13-14H2,1H3/t17-/m1/s1. The van der Waals surface area contributed by atoms with E-state index >= 15 is 0 Å². The predicted molar refractivity (Wildman–Crippen MR) is 107 cm³/mol. The second kappa shape index (κ2) is 8.61. The lowest BCUT2D eigenvalue weighted by Crippen LogP contribution is -2.42. The summed E-state index contributed by atoms with van der Waals surface area (Å²) in [4.78, 5) is 30.8. The third kappa shape index (κ3) is 4.64. The number of aromatic nitrogens is 3. The van der Waals surface area contributed by atoms with Gasteiger partial charge in [0, 0.05) is 25.6 Å². The zero-order valence-electron chi connectivity index (χ0n) is 16.8. The number of rotatable bonds is 5. The highest BCUT2D eigenvalue weighted by Crippen LogP contribution is 2.27. The Morgan fingerprint density at radius 1 is 1.30 bits per heavy atom. The topological polar surface area (TPSA) is 81.2 Å². The van der Waals surface area contributed by atoms with Crippen LogP contribution in [0.5, 0.6) is 0 Å². The average Bonchev–Trinajstić information content (AvgIpc) is 3.19. The van der Waals surface area contributed by atoms with Crippen LogP contribution in [-0.4, -0.2) is 38.7 Å². The number of hydrogen-bond acceptors (Lipinski definition) is 5. The molecular formula is C22H23FN4O3. The van der Waals surface area contributed by atoms with E-state index in [1.165, 1.54) is 22.9 Å². The number of aryl methyl sites for hydroxylation is 1. The number of carbonyl (C=O) groups is 1. The van der Waals surface area contributed by atoms with Crippen molar-refractivity contribution in [3.05, 3.63) is 81.7 Å². The largest absolute Gasteiger partial charge is 0.445 e. The maximum atomic E-state index is 13.4. The van der Waals surface area contributed by atoms with Gasteiger partial charge in [0.05, 0.1) is 17.8 Å². The first kappa shape index (κ1) is 20.0. The normalized spacial score (nSPS) is 16.6. The van der Waals surface area contributed by atoms with Crippen molar-refractivity contribution in [3.8, 4) is 0 Å². The van der Waals surface area contributed by atoms with E-state index in [2.05, 4.69) is 10.1 Å². The summed E-state index contributed by atoms with van der Waals surface area (Å²) < 4.78 is 20.5. The molecule has 0 saturated carbocycles. The third-order valence-electron chi connectivity index (χ3n) is 5.25. The van der Waals surface area contributed by atoms with Crippen molar-refractivity contribution in [2.75, 3.05) is 13.1 Å². The Morgan fingerprint density at radius 2 is 2.17 bits per heavy atom. The first-order valence-corrected chi connectivity index (χ1v) is 9.99. The number of halogens is 1. The molecule has 7 nitrogen and oxygen atoms in total. The van der Waals surface area contributed by atoms with Crippen LogP contribution in [-0.2, 0) is 17.8 Å². The van der Waals surface area contributed by atoms with Gasteiger partial charge >= 0.3 is 0 Å². The van der Waals surface area contributed by atoms with Crippen molar-refractivity contribution < 1.29 is 13.6 Å². The summed E-state index contributed by atoms with van der Waals surface area (Å²) in [6.07, 6.45) is 3.82. The molecule has 0 aliphatic carbocycles. The number of oxazole rings is 1. The molecule has 2 aromatic heterocycles. The number of carbonyl (C=O) groups excluding carboxylic acids is 1. The minimum atomic E-state index is -0.294. The molecule has 0 radical (unpaired) electrons. The zero-order valence-corrected chi connectivity index (χ0v) is 16.8. The van der Waals surface area contributed by atoms with Gasteiger partial charge in [-0.3, -0.25) is 9.59 Å². The Balaban J connectivity index is 1.41. The summed E-state index contributed by atoms with van der Waals surface area (Å²) in [5.41, 5.74) is 1.20. The van der Waals surface area contributed by atoms with Crippen LogP contribution in [0, 0.1) is 12.7 Å². The van der Waals surface area contributed by atoms with Crippen LogP contribution in [0.15, 0.2) is 51.8 Å². The molecule has 4 rings (SSSR count). The highest BCUT2D eigenvalue weighted by atomic mass is 19.1. The van der Waals surface area contributed by atoms with Crippen molar-refractivity contribution in [1.29, 1.82) is 0 Å². The fraction of sp³-hybridized carbons (Fsp3) is 0.364. The molecule has 1 aliphatic heterocycles. The molecule has 0 bridgehead atoms. The van der Waals surface area contributed by atoms with Crippen LogP contribution in [0.3, 0.4) is 0 Å². The van der Waals surface area contributed by atoms with Crippen molar-refractivity contribution in [1.82, 2.24) is 19.7 Å². The fourth-order valence-electron chi connectivity index (χ4n) is 3.74. The number of hydrogen-bond donors (Lipinski definition) is 0. The number of nitrogens with zero attached hydrogens (tertiary/aromatic N) is 4. The molecule has 1 atom stereocenters. The van der Waals surface area contributed by atoms with Gasteiger partial charge < -0.3 is 9.32 Å². The first-order chi connectivity index (χ1) is 14.5. The SMILES string of the molecule is Cc1ccc(=O)n(CC(=O)N2CCC[C@@H](c3ncc(Cc4cccc(F)c4)o3)C2)n1. The van der Waals surface area contributed by atoms with E-state index in [0.717, 1.165) is 18.4 Å². The van der Waals surface area contributed by atoms with Crippen molar-refractivity contribution in [2.24, 2.45) is 0 Å². The molecule has 1 aliphatic rings. The number of likely N-dealkylation sites (tertiary alicyclic amines) is 1. The molecule has 3 aromatic rings. The van der Waals surface area contributed by atoms with E-state index in [9.17, 15) is 14.0 Å². The zero-order chi connectivity index (χ0) is 21.1. The quantitative estimate of drug-likeness (QED) is 0.646. The number of amides is 1. The molecule has 0 spiro atoms. The molecule has 1 aromatic carbocycles. The van der Waals surface area contributed by atoms with Crippen molar-refractivity contribution in [3.63, 3.8) is 0 Å². The van der Waals surface area contributed by atoms with Crippen LogP contribution in [0.1, 0.15) is 41.7 Å². The minimum absolute atomic E-state index is 0.00819. The first-order valence-electron chi connectivity index (χ1n) is 9.99. The van der Waals surface area contributed by atoms with Crippen molar-refractivity contribution in [2.45, 2.75) is 38.6 Å². The van der Waals surface area contributed by atoms with Gasteiger partial charge in [-0.1, -0.05) is 12.1 Å². The molecule has 1 saturated heterocycles. The Kier molecular flexibility index (Phi) is 5.74. The van der Waals surface area contributed by atoms with Crippen LogP contribution < -0.4 is 5.56 Å². The van der Waals surface area contributed by atoms with E-state index in [-0.39, 0.29) is 29.7 Å². The molecule has 156 valence electrons. The fourth-order valence-corrected chi connectivity index (χ4v) is 3.74.